The predicted molar refractivity (Wildman–Crippen MR) is 76.4 cm³/mol. The van der Waals surface area contributed by atoms with Crippen LogP contribution in [0.15, 0.2) is 23.8 Å². The van der Waals surface area contributed by atoms with Crippen molar-refractivity contribution >= 4 is 0 Å². The summed E-state index contributed by atoms with van der Waals surface area (Å²) >= 11 is 0. The zero-order chi connectivity index (χ0) is 13.9. The maximum absolute atomic E-state index is 10.2. The summed E-state index contributed by atoms with van der Waals surface area (Å²) < 4.78 is 0. The second-order valence-corrected chi connectivity index (χ2v) is 6.85. The quantitative estimate of drug-likeness (QED) is 0.744. The summed E-state index contributed by atoms with van der Waals surface area (Å²) in [5.41, 5.74) is 3.74. The van der Waals surface area contributed by atoms with Gasteiger partial charge in [-0.05, 0) is 49.1 Å². The highest BCUT2D eigenvalue weighted by Gasteiger charge is 2.54. The van der Waals surface area contributed by atoms with Crippen molar-refractivity contribution in [2.45, 2.75) is 40.0 Å². The first-order chi connectivity index (χ1) is 8.82. The van der Waals surface area contributed by atoms with E-state index in [2.05, 4.69) is 26.8 Å². The Kier molecular flexibility index (Phi) is 2.51. The Labute approximate surface area is 114 Å². The number of benzene rings is 1. The van der Waals surface area contributed by atoms with Crippen molar-refractivity contribution in [3.63, 3.8) is 0 Å². The van der Waals surface area contributed by atoms with Crippen molar-refractivity contribution in [1.82, 2.24) is 0 Å². The van der Waals surface area contributed by atoms with Gasteiger partial charge in [0.1, 0.15) is 11.5 Å². The first kappa shape index (κ1) is 12.6. The number of aromatic hydroxyl groups is 2. The van der Waals surface area contributed by atoms with Gasteiger partial charge in [-0.2, -0.15) is 0 Å². The number of fused-ring (bicyclic) bond motifs is 1. The monoisotopic (exact) mass is 258 g/mol. The van der Waals surface area contributed by atoms with Gasteiger partial charge in [-0.15, -0.1) is 0 Å². The molecule has 4 rings (SSSR count). The molecule has 2 N–H and O–H groups in total. The first-order valence-electron chi connectivity index (χ1n) is 7.03. The van der Waals surface area contributed by atoms with Crippen LogP contribution in [0.2, 0.25) is 0 Å². The average molecular weight is 258 g/mol. The topological polar surface area (TPSA) is 40.5 Å². The largest absolute Gasteiger partial charge is 0.508 e. The van der Waals surface area contributed by atoms with E-state index in [1.165, 1.54) is 18.1 Å². The van der Waals surface area contributed by atoms with Crippen LogP contribution < -0.4 is 0 Å². The van der Waals surface area contributed by atoms with Crippen molar-refractivity contribution in [3.8, 4) is 11.5 Å². The van der Waals surface area contributed by atoms with E-state index in [4.69, 9.17) is 0 Å². The van der Waals surface area contributed by atoms with E-state index in [-0.39, 0.29) is 17.4 Å². The number of allylic oxidation sites excluding steroid dienone is 2. The number of rotatable bonds is 1. The van der Waals surface area contributed by atoms with E-state index in [1.807, 2.05) is 6.92 Å². The number of phenols is 2. The van der Waals surface area contributed by atoms with Crippen LogP contribution in [-0.2, 0) is 0 Å². The molecule has 102 valence electrons. The lowest BCUT2D eigenvalue weighted by molar-refractivity contribution is -0.0195. The molecule has 1 aromatic carbocycles. The molecule has 0 saturated heterocycles. The Morgan fingerprint density at radius 2 is 1.84 bits per heavy atom. The summed E-state index contributed by atoms with van der Waals surface area (Å²) in [5, 5.41) is 19.8. The second-order valence-electron chi connectivity index (χ2n) is 6.85. The molecule has 3 aliphatic rings. The van der Waals surface area contributed by atoms with E-state index < -0.39 is 0 Å². The Hall–Kier alpha value is -1.44. The molecule has 2 heteroatoms. The minimum atomic E-state index is 0.140. The zero-order valence-electron chi connectivity index (χ0n) is 12.1. The van der Waals surface area contributed by atoms with Crippen molar-refractivity contribution < 1.29 is 10.2 Å². The normalized spacial score (nSPS) is 31.6. The summed E-state index contributed by atoms with van der Waals surface area (Å²) in [6.45, 7) is 8.85. The van der Waals surface area contributed by atoms with Gasteiger partial charge in [-0.3, -0.25) is 0 Å². The molecule has 0 radical (unpaired) electrons. The molecular weight excluding hydrogens is 236 g/mol. The van der Waals surface area contributed by atoms with E-state index in [0.29, 0.717) is 17.3 Å². The molecule has 1 aromatic rings. The molecule has 19 heavy (non-hydrogen) atoms. The summed E-state index contributed by atoms with van der Waals surface area (Å²) in [4.78, 5) is 0. The molecule has 3 aliphatic carbocycles. The lowest BCUT2D eigenvalue weighted by atomic mass is 9.45. The van der Waals surface area contributed by atoms with E-state index >= 15 is 0 Å². The summed E-state index contributed by atoms with van der Waals surface area (Å²) in [7, 11) is 0. The van der Waals surface area contributed by atoms with Gasteiger partial charge < -0.3 is 10.2 Å². The van der Waals surface area contributed by atoms with Crippen molar-refractivity contribution in [2.75, 3.05) is 0 Å². The van der Waals surface area contributed by atoms with Crippen LogP contribution in [0.1, 0.15) is 44.2 Å². The average Bonchev–Trinajstić information content (AvgIpc) is 2.25. The summed E-state index contributed by atoms with van der Waals surface area (Å²) in [6, 6.07) is 3.21. The van der Waals surface area contributed by atoms with Gasteiger partial charge >= 0.3 is 0 Å². The lowest BCUT2D eigenvalue weighted by Gasteiger charge is -2.59. The fraction of sp³-hybridized carbons (Fsp3) is 0.529. The van der Waals surface area contributed by atoms with Gasteiger partial charge in [0.2, 0.25) is 0 Å². The van der Waals surface area contributed by atoms with Crippen molar-refractivity contribution in [2.24, 2.45) is 17.3 Å². The van der Waals surface area contributed by atoms with E-state index in [9.17, 15) is 10.2 Å². The highest BCUT2D eigenvalue weighted by Crippen LogP contribution is 2.64. The molecule has 0 heterocycles. The number of aryl methyl sites for hydroxylation is 1. The summed E-state index contributed by atoms with van der Waals surface area (Å²) in [5.74, 6) is 1.94. The van der Waals surface area contributed by atoms with E-state index in [0.717, 1.165) is 11.1 Å². The molecule has 3 atom stereocenters. The Morgan fingerprint density at radius 1 is 1.16 bits per heavy atom. The van der Waals surface area contributed by atoms with Gasteiger partial charge in [0.15, 0.2) is 0 Å². The van der Waals surface area contributed by atoms with Crippen LogP contribution in [0.25, 0.3) is 0 Å². The molecule has 2 nitrogen and oxygen atoms in total. The Bertz CT molecular complexity index is 546. The molecule has 0 aliphatic heterocycles. The van der Waals surface area contributed by atoms with Gasteiger partial charge in [-0.1, -0.05) is 25.5 Å². The van der Waals surface area contributed by atoms with Crippen LogP contribution in [-0.4, -0.2) is 10.2 Å². The van der Waals surface area contributed by atoms with Crippen LogP contribution in [0, 0.1) is 24.2 Å². The molecule has 1 saturated carbocycles. The van der Waals surface area contributed by atoms with Gasteiger partial charge in [0.05, 0.1) is 0 Å². The minimum absolute atomic E-state index is 0.140. The molecule has 0 aromatic heterocycles. The zero-order valence-corrected chi connectivity index (χ0v) is 12.1. The molecular formula is C17H22O2. The number of phenolic OH excluding ortho intramolecular Hbond substituents is 2. The van der Waals surface area contributed by atoms with E-state index in [1.54, 1.807) is 6.07 Å². The summed E-state index contributed by atoms with van der Waals surface area (Å²) in [6.07, 6.45) is 3.54. The highest BCUT2D eigenvalue weighted by atomic mass is 16.3. The minimum Gasteiger partial charge on any atom is -0.508 e. The SMILES string of the molecule is CC1=CC(c2c(C)cc(O)cc2O)C2CC1C2(C)C. The Balaban J connectivity index is 2.11. The maximum atomic E-state index is 10.2. The standard InChI is InChI=1S/C17H22O2/c1-9-6-12(14-8-13(9)17(14,3)4)16-10(2)5-11(18)7-15(16)19/h5-7,12-14,18-19H,8H2,1-4H3. The molecule has 0 spiro atoms. The van der Waals surface area contributed by atoms with Gasteiger partial charge in [0.25, 0.3) is 0 Å². The van der Waals surface area contributed by atoms with Crippen LogP contribution in [0.3, 0.4) is 0 Å². The van der Waals surface area contributed by atoms with Crippen LogP contribution in [0.5, 0.6) is 11.5 Å². The van der Waals surface area contributed by atoms with Gasteiger partial charge in [0, 0.05) is 17.5 Å². The predicted octanol–water partition coefficient (Wildman–Crippen LogP) is 4.11. The van der Waals surface area contributed by atoms with Crippen LogP contribution in [0.4, 0.5) is 0 Å². The van der Waals surface area contributed by atoms with Crippen molar-refractivity contribution in [3.05, 3.63) is 34.9 Å². The highest BCUT2D eigenvalue weighted by molar-refractivity contribution is 5.50. The third-order valence-electron chi connectivity index (χ3n) is 5.45. The maximum Gasteiger partial charge on any atom is 0.123 e. The third kappa shape index (κ3) is 1.62. The lowest BCUT2D eigenvalue weighted by Crippen LogP contribution is -2.50. The number of hydrogen-bond donors (Lipinski definition) is 2. The molecule has 0 amide bonds. The Morgan fingerprint density at radius 3 is 2.37 bits per heavy atom. The molecule has 3 unspecified atom stereocenters. The molecule has 1 fully saturated rings. The van der Waals surface area contributed by atoms with Crippen molar-refractivity contribution in [1.29, 1.82) is 0 Å². The van der Waals surface area contributed by atoms with Gasteiger partial charge in [-0.25, -0.2) is 0 Å². The second kappa shape index (κ2) is 3.78. The number of hydrogen-bond acceptors (Lipinski definition) is 2. The first-order valence-corrected chi connectivity index (χ1v) is 7.03. The molecule has 2 bridgehead atoms. The van der Waals surface area contributed by atoms with Crippen LogP contribution >= 0.6 is 0 Å². The fourth-order valence-corrected chi connectivity index (χ4v) is 4.34. The fourth-order valence-electron chi connectivity index (χ4n) is 4.34. The third-order valence-corrected chi connectivity index (χ3v) is 5.45. The smallest absolute Gasteiger partial charge is 0.123 e.